The number of halogens is 1. The number of ether oxygens (including phenoxy) is 1. The maximum absolute atomic E-state index is 11.7. The van der Waals surface area contributed by atoms with Gasteiger partial charge in [-0.1, -0.05) is 31.9 Å². The molecule has 0 radical (unpaired) electrons. The molecule has 2 rings (SSSR count). The molecule has 4 nitrogen and oxygen atoms in total. The van der Waals surface area contributed by atoms with Gasteiger partial charge in [-0.3, -0.25) is 4.79 Å². The van der Waals surface area contributed by atoms with Crippen LogP contribution in [0.25, 0.3) is 0 Å². The van der Waals surface area contributed by atoms with Crippen LogP contribution in [0.15, 0.2) is 17.2 Å². The number of carbonyl (C=O) groups is 1. The second-order valence-corrected chi connectivity index (χ2v) is 7.10. The Bertz CT molecular complexity index is 509. The summed E-state index contributed by atoms with van der Waals surface area (Å²) < 4.78 is 5.25. The zero-order valence-corrected chi connectivity index (χ0v) is 14.8. The Morgan fingerprint density at radius 1 is 1.55 bits per heavy atom. The number of rotatable bonds is 8. The normalized spacial score (nSPS) is 15.3. The van der Waals surface area contributed by atoms with Crippen LogP contribution >= 0.6 is 23.4 Å². The highest BCUT2D eigenvalue weighted by molar-refractivity contribution is 7.99. The first-order valence-electron chi connectivity index (χ1n) is 7.79. The lowest BCUT2D eigenvalue weighted by Gasteiger charge is -2.32. The van der Waals surface area contributed by atoms with Gasteiger partial charge in [0.1, 0.15) is 5.82 Å². The topological polar surface area (TPSA) is 42.4 Å². The van der Waals surface area contributed by atoms with Crippen molar-refractivity contribution in [3.8, 4) is 0 Å². The average Bonchev–Trinajstić information content (AvgIpc) is 2.46. The summed E-state index contributed by atoms with van der Waals surface area (Å²) in [5, 5.41) is 0.695. The lowest BCUT2D eigenvalue weighted by Crippen LogP contribution is -2.37. The summed E-state index contributed by atoms with van der Waals surface area (Å²) in [7, 11) is 0. The Hall–Kier alpha value is -0.940. The fourth-order valence-electron chi connectivity index (χ4n) is 1.95. The van der Waals surface area contributed by atoms with Crippen LogP contribution in [0.4, 0.5) is 5.82 Å². The van der Waals surface area contributed by atoms with E-state index in [0.717, 1.165) is 30.2 Å². The smallest absolute Gasteiger partial charge is 0.306 e. The van der Waals surface area contributed by atoms with Crippen LogP contribution in [-0.2, 0) is 9.53 Å². The SMILES string of the molecule is CCC(C)COC(=O)CCSc1ccnc(N2CCC2)c1Cl. The van der Waals surface area contributed by atoms with Crippen LogP contribution in [0.1, 0.15) is 33.1 Å². The third-order valence-electron chi connectivity index (χ3n) is 3.78. The van der Waals surface area contributed by atoms with Gasteiger partial charge in [0.05, 0.1) is 18.1 Å². The van der Waals surface area contributed by atoms with Crippen LogP contribution in [0, 0.1) is 5.92 Å². The van der Waals surface area contributed by atoms with E-state index >= 15 is 0 Å². The third-order valence-corrected chi connectivity index (χ3v) is 5.32. The molecule has 0 bridgehead atoms. The third kappa shape index (κ3) is 4.78. The predicted octanol–water partition coefficient (Wildman–Crippen LogP) is 4.02. The molecule has 0 aliphatic carbocycles. The molecular weight excluding hydrogens is 320 g/mol. The summed E-state index contributed by atoms with van der Waals surface area (Å²) in [4.78, 5) is 19.2. The number of hydrogen-bond acceptors (Lipinski definition) is 5. The minimum absolute atomic E-state index is 0.138. The van der Waals surface area contributed by atoms with E-state index in [1.54, 1.807) is 18.0 Å². The molecule has 1 atom stereocenters. The fourth-order valence-corrected chi connectivity index (χ4v) is 3.20. The van der Waals surface area contributed by atoms with E-state index in [2.05, 4.69) is 23.7 Å². The summed E-state index contributed by atoms with van der Waals surface area (Å²) in [5.74, 6) is 1.81. The van der Waals surface area contributed by atoms with Gasteiger partial charge < -0.3 is 9.64 Å². The minimum Gasteiger partial charge on any atom is -0.465 e. The van der Waals surface area contributed by atoms with Crippen LogP contribution in [-0.4, -0.2) is 36.4 Å². The van der Waals surface area contributed by atoms with Crippen molar-refractivity contribution in [1.82, 2.24) is 4.98 Å². The number of thioether (sulfide) groups is 1. The van der Waals surface area contributed by atoms with E-state index in [1.165, 1.54) is 6.42 Å². The number of hydrogen-bond donors (Lipinski definition) is 0. The van der Waals surface area contributed by atoms with Crippen molar-refractivity contribution in [3.63, 3.8) is 0 Å². The molecule has 6 heteroatoms. The maximum Gasteiger partial charge on any atom is 0.306 e. The van der Waals surface area contributed by atoms with Gasteiger partial charge >= 0.3 is 5.97 Å². The predicted molar refractivity (Wildman–Crippen MR) is 91.8 cm³/mol. The Balaban J connectivity index is 1.78. The minimum atomic E-state index is -0.138. The monoisotopic (exact) mass is 342 g/mol. The molecule has 0 aromatic carbocycles. The van der Waals surface area contributed by atoms with Gasteiger partial charge in [-0.25, -0.2) is 4.98 Å². The fraction of sp³-hybridized carbons (Fsp3) is 0.625. The van der Waals surface area contributed by atoms with Crippen molar-refractivity contribution in [3.05, 3.63) is 17.3 Å². The summed E-state index contributed by atoms with van der Waals surface area (Å²) >= 11 is 7.99. The molecule has 0 N–H and O–H groups in total. The Kier molecular flexibility index (Phi) is 6.83. The van der Waals surface area contributed by atoms with Crippen molar-refractivity contribution < 1.29 is 9.53 Å². The first-order chi connectivity index (χ1) is 10.6. The molecule has 122 valence electrons. The van der Waals surface area contributed by atoms with Gasteiger partial charge in [-0.05, 0) is 18.4 Å². The second kappa shape index (κ2) is 8.63. The lowest BCUT2D eigenvalue weighted by molar-refractivity contribution is -0.144. The van der Waals surface area contributed by atoms with Gasteiger partial charge in [0, 0.05) is 29.9 Å². The van der Waals surface area contributed by atoms with Crippen LogP contribution in [0.3, 0.4) is 0 Å². The van der Waals surface area contributed by atoms with Crippen molar-refractivity contribution in [2.24, 2.45) is 5.92 Å². The highest BCUT2D eigenvalue weighted by atomic mass is 35.5. The molecule has 1 aromatic heterocycles. The summed E-state index contributed by atoms with van der Waals surface area (Å²) in [6.45, 7) is 6.71. The maximum atomic E-state index is 11.7. The van der Waals surface area contributed by atoms with Gasteiger partial charge in [0.2, 0.25) is 0 Å². The summed E-state index contributed by atoms with van der Waals surface area (Å²) in [6, 6.07) is 1.90. The molecule has 1 unspecified atom stereocenters. The standard InChI is InChI=1S/C16H23ClN2O2S/c1-3-12(2)11-21-14(20)6-10-22-13-5-7-18-16(15(13)17)19-8-4-9-19/h5,7,12H,3-4,6,8-11H2,1-2H3. The van der Waals surface area contributed by atoms with E-state index in [9.17, 15) is 4.79 Å². The largest absolute Gasteiger partial charge is 0.465 e. The molecule has 0 amide bonds. The van der Waals surface area contributed by atoms with Crippen molar-refractivity contribution in [1.29, 1.82) is 0 Å². The Labute approximate surface area is 141 Å². The molecule has 1 aliphatic rings. The van der Waals surface area contributed by atoms with Crippen LogP contribution < -0.4 is 4.90 Å². The number of aromatic nitrogens is 1. The number of anilines is 1. The first-order valence-corrected chi connectivity index (χ1v) is 9.16. The quantitative estimate of drug-likeness (QED) is 0.527. The molecule has 22 heavy (non-hydrogen) atoms. The van der Waals surface area contributed by atoms with E-state index in [0.29, 0.717) is 29.7 Å². The van der Waals surface area contributed by atoms with Gasteiger partial charge in [-0.15, -0.1) is 11.8 Å². The highest BCUT2D eigenvalue weighted by Crippen LogP contribution is 2.35. The zero-order valence-electron chi connectivity index (χ0n) is 13.2. The van der Waals surface area contributed by atoms with Crippen LogP contribution in [0.2, 0.25) is 5.02 Å². The molecule has 1 fully saturated rings. The number of nitrogens with zero attached hydrogens (tertiary/aromatic N) is 2. The molecule has 0 saturated carbocycles. The number of pyridine rings is 1. The van der Waals surface area contributed by atoms with Gasteiger partial charge in [0.25, 0.3) is 0 Å². The summed E-state index contributed by atoms with van der Waals surface area (Å²) in [5.41, 5.74) is 0. The molecule has 1 aliphatic heterocycles. The van der Waals surface area contributed by atoms with Crippen molar-refractivity contribution >= 4 is 35.1 Å². The first kappa shape index (κ1) is 17.4. The van der Waals surface area contributed by atoms with Crippen molar-refractivity contribution in [2.75, 3.05) is 30.3 Å². The highest BCUT2D eigenvalue weighted by Gasteiger charge is 2.20. The molecular formula is C16H23ClN2O2S. The van der Waals surface area contributed by atoms with E-state index in [1.807, 2.05) is 6.07 Å². The van der Waals surface area contributed by atoms with Crippen molar-refractivity contribution in [2.45, 2.75) is 38.0 Å². The molecule has 1 saturated heterocycles. The number of esters is 1. The van der Waals surface area contributed by atoms with Gasteiger partial charge in [-0.2, -0.15) is 0 Å². The van der Waals surface area contributed by atoms with Crippen LogP contribution in [0.5, 0.6) is 0 Å². The van der Waals surface area contributed by atoms with E-state index in [4.69, 9.17) is 16.3 Å². The Morgan fingerprint density at radius 3 is 2.95 bits per heavy atom. The summed E-state index contributed by atoms with van der Waals surface area (Å²) in [6.07, 6.45) is 4.40. The molecule has 0 spiro atoms. The second-order valence-electron chi connectivity index (χ2n) is 5.58. The molecule has 2 heterocycles. The Morgan fingerprint density at radius 2 is 2.32 bits per heavy atom. The lowest BCUT2D eigenvalue weighted by atomic mass is 10.1. The number of carbonyl (C=O) groups excluding carboxylic acids is 1. The van der Waals surface area contributed by atoms with Gasteiger partial charge in [0.15, 0.2) is 0 Å². The average molecular weight is 343 g/mol. The van der Waals surface area contributed by atoms with E-state index in [-0.39, 0.29) is 5.97 Å². The zero-order chi connectivity index (χ0) is 15.9. The van der Waals surface area contributed by atoms with E-state index < -0.39 is 0 Å². The molecule has 1 aromatic rings.